The van der Waals surface area contributed by atoms with E-state index in [9.17, 15) is 4.79 Å². The van der Waals surface area contributed by atoms with Crippen molar-refractivity contribution in [2.24, 2.45) is 0 Å². The molecule has 0 unspecified atom stereocenters. The third-order valence-electron chi connectivity index (χ3n) is 5.80. The standard InChI is InChI=1S/C26H25N5O4/c1-33-23-14-13-19(16-24(23)35-20-10-5-6-11-20)27-26(32)22(17-21-12-7-15-34-21)31-25(28-29-30-31)18-8-3-2-4-9-18/h2-4,7-9,12-17,20H,5-6,10-11H2,1H3,(H,27,32)/b22-17-. The zero-order valence-electron chi connectivity index (χ0n) is 19.3. The summed E-state index contributed by atoms with van der Waals surface area (Å²) in [5, 5.41) is 15.0. The van der Waals surface area contributed by atoms with Gasteiger partial charge >= 0.3 is 0 Å². The van der Waals surface area contributed by atoms with E-state index in [0.717, 1.165) is 31.2 Å². The molecule has 2 aromatic heterocycles. The maximum atomic E-state index is 13.5. The second-order valence-corrected chi connectivity index (χ2v) is 8.17. The molecule has 0 radical (unpaired) electrons. The number of nitrogens with one attached hydrogen (secondary N) is 1. The molecule has 4 aromatic rings. The topological polar surface area (TPSA) is 104 Å². The molecular formula is C26H25N5O4. The molecule has 1 aliphatic rings. The minimum atomic E-state index is -0.414. The molecule has 1 saturated carbocycles. The molecule has 1 aliphatic carbocycles. The zero-order valence-corrected chi connectivity index (χ0v) is 19.3. The largest absolute Gasteiger partial charge is 0.493 e. The minimum Gasteiger partial charge on any atom is -0.493 e. The molecule has 0 spiro atoms. The Morgan fingerprint density at radius 2 is 1.91 bits per heavy atom. The Morgan fingerprint density at radius 1 is 1.09 bits per heavy atom. The quantitative estimate of drug-likeness (QED) is 0.365. The molecule has 0 saturated heterocycles. The lowest BCUT2D eigenvalue weighted by Crippen LogP contribution is -2.19. The highest BCUT2D eigenvalue weighted by Gasteiger charge is 2.22. The van der Waals surface area contributed by atoms with Crippen molar-refractivity contribution in [3.8, 4) is 22.9 Å². The van der Waals surface area contributed by atoms with E-state index < -0.39 is 5.91 Å². The predicted molar refractivity (Wildman–Crippen MR) is 131 cm³/mol. The van der Waals surface area contributed by atoms with Gasteiger partial charge in [0.2, 0.25) is 0 Å². The normalized spacial score (nSPS) is 14.1. The van der Waals surface area contributed by atoms with Crippen LogP contribution in [0.25, 0.3) is 23.2 Å². The Kier molecular flexibility index (Phi) is 6.56. The fraction of sp³-hybridized carbons (Fsp3) is 0.231. The lowest BCUT2D eigenvalue weighted by molar-refractivity contribution is -0.111. The number of aromatic nitrogens is 4. The van der Waals surface area contributed by atoms with E-state index in [0.29, 0.717) is 28.8 Å². The van der Waals surface area contributed by atoms with Crippen LogP contribution in [-0.2, 0) is 4.79 Å². The summed E-state index contributed by atoms with van der Waals surface area (Å²) >= 11 is 0. The summed E-state index contributed by atoms with van der Waals surface area (Å²) in [5.74, 6) is 1.72. The Bertz CT molecular complexity index is 1310. The summed E-state index contributed by atoms with van der Waals surface area (Å²) in [7, 11) is 1.60. The number of carbonyl (C=O) groups is 1. The SMILES string of the molecule is COc1ccc(NC(=O)/C(=C/c2ccco2)n2nnnc2-c2ccccc2)cc1OC1CCCC1. The molecule has 1 amide bonds. The fourth-order valence-corrected chi connectivity index (χ4v) is 4.08. The van der Waals surface area contributed by atoms with E-state index in [1.165, 1.54) is 10.9 Å². The number of benzene rings is 2. The van der Waals surface area contributed by atoms with Gasteiger partial charge in [-0.15, -0.1) is 5.10 Å². The first kappa shape index (κ1) is 22.4. The molecule has 5 rings (SSSR count). The summed E-state index contributed by atoms with van der Waals surface area (Å²) in [6.45, 7) is 0. The molecule has 0 bridgehead atoms. The second-order valence-electron chi connectivity index (χ2n) is 8.17. The fourth-order valence-electron chi connectivity index (χ4n) is 4.08. The lowest BCUT2D eigenvalue weighted by Gasteiger charge is -2.17. The third kappa shape index (κ3) is 5.08. The van der Waals surface area contributed by atoms with E-state index in [-0.39, 0.29) is 11.8 Å². The van der Waals surface area contributed by atoms with E-state index in [1.807, 2.05) is 30.3 Å². The molecule has 1 fully saturated rings. The van der Waals surface area contributed by atoms with Crippen LogP contribution >= 0.6 is 0 Å². The van der Waals surface area contributed by atoms with Gasteiger partial charge < -0.3 is 19.2 Å². The number of tetrazole rings is 1. The number of ether oxygens (including phenoxy) is 2. The highest BCUT2D eigenvalue weighted by Crippen LogP contribution is 2.34. The van der Waals surface area contributed by atoms with Crippen molar-refractivity contribution in [2.75, 3.05) is 12.4 Å². The van der Waals surface area contributed by atoms with Gasteiger partial charge in [0.1, 0.15) is 11.5 Å². The first-order chi connectivity index (χ1) is 17.2. The number of methoxy groups -OCH3 is 1. The summed E-state index contributed by atoms with van der Waals surface area (Å²) in [5.41, 5.74) is 1.52. The van der Waals surface area contributed by atoms with Crippen molar-refractivity contribution in [2.45, 2.75) is 31.8 Å². The smallest absolute Gasteiger partial charge is 0.274 e. The van der Waals surface area contributed by atoms with Crippen molar-refractivity contribution in [3.63, 3.8) is 0 Å². The predicted octanol–water partition coefficient (Wildman–Crippen LogP) is 4.90. The van der Waals surface area contributed by atoms with Crippen LogP contribution in [0, 0.1) is 0 Å². The van der Waals surface area contributed by atoms with Crippen molar-refractivity contribution in [1.82, 2.24) is 20.2 Å². The number of amides is 1. The van der Waals surface area contributed by atoms with Gasteiger partial charge in [-0.1, -0.05) is 30.3 Å². The van der Waals surface area contributed by atoms with Crippen LogP contribution in [-0.4, -0.2) is 39.3 Å². The molecule has 0 atom stereocenters. The van der Waals surface area contributed by atoms with Gasteiger partial charge in [0.05, 0.1) is 19.5 Å². The number of anilines is 1. The number of carbonyl (C=O) groups excluding carboxylic acids is 1. The Labute approximate surface area is 202 Å². The molecule has 9 heteroatoms. The van der Waals surface area contributed by atoms with Gasteiger partial charge in [0.25, 0.3) is 5.91 Å². The monoisotopic (exact) mass is 471 g/mol. The number of nitrogens with zero attached hydrogens (tertiary/aromatic N) is 4. The van der Waals surface area contributed by atoms with Gasteiger partial charge in [-0.25, -0.2) is 0 Å². The molecular weight excluding hydrogens is 446 g/mol. The van der Waals surface area contributed by atoms with Crippen LogP contribution in [0.5, 0.6) is 11.5 Å². The van der Waals surface area contributed by atoms with Gasteiger partial charge in [-0.05, 0) is 60.4 Å². The number of hydrogen-bond donors (Lipinski definition) is 1. The molecule has 178 valence electrons. The minimum absolute atomic E-state index is 0.152. The van der Waals surface area contributed by atoms with E-state index in [4.69, 9.17) is 13.9 Å². The lowest BCUT2D eigenvalue weighted by atomic mass is 10.2. The molecule has 35 heavy (non-hydrogen) atoms. The maximum Gasteiger partial charge on any atom is 0.274 e. The molecule has 0 aliphatic heterocycles. The molecule has 9 nitrogen and oxygen atoms in total. The second kappa shape index (κ2) is 10.3. The molecule has 2 heterocycles. The van der Waals surface area contributed by atoms with Gasteiger partial charge in [-0.3, -0.25) is 4.79 Å². The van der Waals surface area contributed by atoms with Gasteiger partial charge in [0.15, 0.2) is 17.3 Å². The first-order valence-corrected chi connectivity index (χ1v) is 11.5. The van der Waals surface area contributed by atoms with E-state index >= 15 is 0 Å². The zero-order chi connectivity index (χ0) is 24.0. The average molecular weight is 472 g/mol. The number of furan rings is 1. The van der Waals surface area contributed by atoms with Crippen LogP contribution in [0.4, 0.5) is 5.69 Å². The van der Waals surface area contributed by atoms with Crippen LogP contribution in [0.15, 0.2) is 71.3 Å². The summed E-state index contributed by atoms with van der Waals surface area (Å²) < 4.78 is 18.5. The first-order valence-electron chi connectivity index (χ1n) is 11.5. The Hall–Kier alpha value is -4.40. The van der Waals surface area contributed by atoms with Crippen molar-refractivity contribution in [3.05, 3.63) is 72.7 Å². The van der Waals surface area contributed by atoms with Crippen molar-refractivity contribution >= 4 is 23.4 Å². The summed E-state index contributed by atoms with van der Waals surface area (Å²) in [4.78, 5) is 13.5. The highest BCUT2D eigenvalue weighted by atomic mass is 16.5. The van der Waals surface area contributed by atoms with Crippen LogP contribution < -0.4 is 14.8 Å². The van der Waals surface area contributed by atoms with E-state index in [2.05, 4.69) is 20.8 Å². The number of hydrogen-bond acceptors (Lipinski definition) is 7. The van der Waals surface area contributed by atoms with E-state index in [1.54, 1.807) is 43.5 Å². The molecule has 1 N–H and O–H groups in total. The summed E-state index contributed by atoms with van der Waals surface area (Å²) in [6, 6.07) is 18.2. The van der Waals surface area contributed by atoms with Crippen LogP contribution in [0.3, 0.4) is 0 Å². The molecule has 2 aromatic carbocycles. The van der Waals surface area contributed by atoms with Crippen LogP contribution in [0.2, 0.25) is 0 Å². The Morgan fingerprint density at radius 3 is 2.66 bits per heavy atom. The highest BCUT2D eigenvalue weighted by molar-refractivity contribution is 6.24. The van der Waals surface area contributed by atoms with Gasteiger partial charge in [-0.2, -0.15) is 4.68 Å². The summed E-state index contributed by atoms with van der Waals surface area (Å²) in [6.07, 6.45) is 7.61. The maximum absolute atomic E-state index is 13.5. The third-order valence-corrected chi connectivity index (χ3v) is 5.80. The van der Waals surface area contributed by atoms with Crippen molar-refractivity contribution in [1.29, 1.82) is 0 Å². The van der Waals surface area contributed by atoms with Gasteiger partial charge in [0, 0.05) is 23.4 Å². The van der Waals surface area contributed by atoms with Crippen molar-refractivity contribution < 1.29 is 18.7 Å². The number of rotatable bonds is 8. The Balaban J connectivity index is 1.47. The average Bonchev–Trinajstić information content (AvgIpc) is 3.66. The van der Waals surface area contributed by atoms with Crippen LogP contribution in [0.1, 0.15) is 31.4 Å².